The molecule has 15 heavy (non-hydrogen) atoms. The van der Waals surface area contributed by atoms with Crippen LogP contribution in [0.4, 0.5) is 0 Å². The third-order valence-corrected chi connectivity index (χ3v) is 2.76. The van der Waals surface area contributed by atoms with Crippen LogP contribution in [0.25, 0.3) is 0 Å². The van der Waals surface area contributed by atoms with Gasteiger partial charge in [0.15, 0.2) is 0 Å². The second-order valence-corrected chi connectivity index (χ2v) is 4.14. The molecule has 0 saturated heterocycles. The Morgan fingerprint density at radius 1 is 1.40 bits per heavy atom. The summed E-state index contributed by atoms with van der Waals surface area (Å²) in [6, 6.07) is 6.16. The maximum absolute atomic E-state index is 5.85. The van der Waals surface area contributed by atoms with Gasteiger partial charge in [-0.2, -0.15) is 0 Å². The Labute approximate surface area is 99.7 Å². The van der Waals surface area contributed by atoms with Crippen LogP contribution in [0.2, 0.25) is 0 Å². The summed E-state index contributed by atoms with van der Waals surface area (Å²) in [5, 5.41) is 0.809. The number of hydrogen-bond acceptors (Lipinski definition) is 2. The highest BCUT2D eigenvalue weighted by Gasteiger charge is 2.09. The molecule has 0 spiro atoms. The summed E-state index contributed by atoms with van der Waals surface area (Å²) < 4.78 is 10.9. The number of aryl methyl sites for hydroxylation is 1. The van der Waals surface area contributed by atoms with E-state index >= 15 is 0 Å². The van der Waals surface area contributed by atoms with Gasteiger partial charge in [0.2, 0.25) is 0 Å². The van der Waals surface area contributed by atoms with E-state index in [0.29, 0.717) is 6.61 Å². The van der Waals surface area contributed by atoms with Gasteiger partial charge in [-0.1, -0.05) is 34.1 Å². The van der Waals surface area contributed by atoms with Gasteiger partial charge in [-0.25, -0.2) is 0 Å². The summed E-state index contributed by atoms with van der Waals surface area (Å²) in [4.78, 5) is 0. The van der Waals surface area contributed by atoms with Gasteiger partial charge in [-0.15, -0.1) is 0 Å². The van der Waals surface area contributed by atoms with Crippen molar-refractivity contribution in [2.24, 2.45) is 0 Å². The van der Waals surface area contributed by atoms with Crippen LogP contribution in [0.5, 0.6) is 5.75 Å². The molecule has 1 atom stereocenters. The Balaban J connectivity index is 2.82. The molecule has 84 valence electrons. The third-order valence-electron chi connectivity index (χ3n) is 2.16. The Morgan fingerprint density at radius 2 is 2.13 bits per heavy atom. The molecule has 0 aliphatic heterocycles. The third kappa shape index (κ3) is 3.50. The number of benzene rings is 1. The predicted molar refractivity (Wildman–Crippen MR) is 65.8 cm³/mol. The number of rotatable bonds is 5. The highest BCUT2D eigenvalue weighted by Crippen LogP contribution is 2.26. The zero-order chi connectivity index (χ0) is 11.3. The summed E-state index contributed by atoms with van der Waals surface area (Å²) in [5.41, 5.74) is 2.34. The molecule has 2 nitrogen and oxygen atoms in total. The SMILES string of the molecule is COCC(C)Oc1c(C)cccc1CBr. The molecule has 0 radical (unpaired) electrons. The molecule has 0 amide bonds. The van der Waals surface area contributed by atoms with Gasteiger partial charge in [-0.05, 0) is 19.4 Å². The van der Waals surface area contributed by atoms with Gasteiger partial charge < -0.3 is 9.47 Å². The van der Waals surface area contributed by atoms with E-state index in [2.05, 4.69) is 35.0 Å². The van der Waals surface area contributed by atoms with E-state index in [9.17, 15) is 0 Å². The van der Waals surface area contributed by atoms with Gasteiger partial charge in [0.1, 0.15) is 11.9 Å². The normalized spacial score (nSPS) is 12.5. The zero-order valence-electron chi connectivity index (χ0n) is 9.42. The molecule has 1 aromatic carbocycles. The quantitative estimate of drug-likeness (QED) is 0.766. The molecule has 0 aromatic heterocycles. The van der Waals surface area contributed by atoms with E-state index in [1.54, 1.807) is 7.11 Å². The molecule has 1 aromatic rings. The van der Waals surface area contributed by atoms with E-state index in [0.717, 1.165) is 16.6 Å². The largest absolute Gasteiger partial charge is 0.488 e. The fourth-order valence-electron chi connectivity index (χ4n) is 1.46. The van der Waals surface area contributed by atoms with Crippen LogP contribution < -0.4 is 4.74 Å². The van der Waals surface area contributed by atoms with E-state index in [1.165, 1.54) is 5.56 Å². The van der Waals surface area contributed by atoms with E-state index in [1.807, 2.05) is 13.0 Å². The molecular weight excluding hydrogens is 256 g/mol. The number of halogens is 1. The van der Waals surface area contributed by atoms with Crippen LogP contribution in [0.15, 0.2) is 18.2 Å². The first-order valence-electron chi connectivity index (χ1n) is 4.99. The molecule has 1 rings (SSSR count). The summed E-state index contributed by atoms with van der Waals surface area (Å²) in [7, 11) is 1.68. The summed E-state index contributed by atoms with van der Waals surface area (Å²) in [5.74, 6) is 0.971. The van der Waals surface area contributed by atoms with Crippen LogP contribution in [-0.2, 0) is 10.1 Å². The molecular formula is C12H17BrO2. The van der Waals surface area contributed by atoms with E-state index < -0.39 is 0 Å². The Bertz CT molecular complexity index is 312. The topological polar surface area (TPSA) is 18.5 Å². The number of para-hydroxylation sites is 1. The second-order valence-electron chi connectivity index (χ2n) is 3.58. The summed E-state index contributed by atoms with van der Waals surface area (Å²) in [6.07, 6.45) is 0.0777. The molecule has 0 saturated carbocycles. The van der Waals surface area contributed by atoms with Crippen LogP contribution in [0.3, 0.4) is 0 Å². The molecule has 0 N–H and O–H groups in total. The molecule has 0 bridgehead atoms. The Kier molecular flexibility index (Phi) is 5.12. The first-order chi connectivity index (χ1) is 7.19. The first kappa shape index (κ1) is 12.5. The van der Waals surface area contributed by atoms with Crippen LogP contribution in [-0.4, -0.2) is 19.8 Å². The molecule has 0 aliphatic rings. The van der Waals surface area contributed by atoms with Crippen molar-refractivity contribution in [3.63, 3.8) is 0 Å². The lowest BCUT2D eigenvalue weighted by Gasteiger charge is -2.18. The minimum absolute atomic E-state index is 0.0777. The maximum Gasteiger partial charge on any atom is 0.126 e. The van der Waals surface area contributed by atoms with Gasteiger partial charge in [0.25, 0.3) is 0 Å². The van der Waals surface area contributed by atoms with E-state index in [4.69, 9.17) is 9.47 Å². The predicted octanol–water partition coefficient (Wildman–Crippen LogP) is 3.30. The lowest BCUT2D eigenvalue weighted by atomic mass is 10.1. The van der Waals surface area contributed by atoms with Crippen molar-refractivity contribution in [2.75, 3.05) is 13.7 Å². The summed E-state index contributed by atoms with van der Waals surface area (Å²) in [6.45, 7) is 4.67. The highest BCUT2D eigenvalue weighted by atomic mass is 79.9. The number of alkyl halides is 1. The van der Waals surface area contributed by atoms with Crippen molar-refractivity contribution in [1.82, 2.24) is 0 Å². The zero-order valence-corrected chi connectivity index (χ0v) is 11.0. The minimum Gasteiger partial charge on any atom is -0.488 e. The average molecular weight is 273 g/mol. The highest BCUT2D eigenvalue weighted by molar-refractivity contribution is 9.08. The molecule has 0 aliphatic carbocycles. The number of hydrogen-bond donors (Lipinski definition) is 0. The summed E-state index contributed by atoms with van der Waals surface area (Å²) >= 11 is 3.46. The first-order valence-corrected chi connectivity index (χ1v) is 6.11. The average Bonchev–Trinajstić information content (AvgIpc) is 2.21. The fourth-order valence-corrected chi connectivity index (χ4v) is 1.90. The standard InChI is InChI=1S/C12H17BrO2/c1-9-5-4-6-11(7-13)12(9)15-10(2)8-14-3/h4-6,10H,7-8H2,1-3H3. The molecule has 0 fully saturated rings. The van der Waals surface area contributed by atoms with E-state index in [-0.39, 0.29) is 6.10 Å². The minimum atomic E-state index is 0.0777. The monoisotopic (exact) mass is 272 g/mol. The van der Waals surface area contributed by atoms with Gasteiger partial charge in [0.05, 0.1) is 6.61 Å². The number of ether oxygens (including phenoxy) is 2. The van der Waals surface area contributed by atoms with Crippen molar-refractivity contribution >= 4 is 15.9 Å². The Morgan fingerprint density at radius 3 is 2.73 bits per heavy atom. The van der Waals surface area contributed by atoms with Crippen molar-refractivity contribution in [3.8, 4) is 5.75 Å². The molecule has 0 heterocycles. The number of methoxy groups -OCH3 is 1. The Hall–Kier alpha value is -0.540. The van der Waals surface area contributed by atoms with Crippen molar-refractivity contribution in [2.45, 2.75) is 25.3 Å². The van der Waals surface area contributed by atoms with Crippen molar-refractivity contribution < 1.29 is 9.47 Å². The van der Waals surface area contributed by atoms with Crippen molar-refractivity contribution in [3.05, 3.63) is 29.3 Å². The molecule has 3 heteroatoms. The fraction of sp³-hybridized carbons (Fsp3) is 0.500. The van der Waals surface area contributed by atoms with Gasteiger partial charge in [0, 0.05) is 18.0 Å². The lowest BCUT2D eigenvalue weighted by molar-refractivity contribution is 0.0911. The smallest absolute Gasteiger partial charge is 0.126 e. The van der Waals surface area contributed by atoms with Crippen LogP contribution >= 0.6 is 15.9 Å². The lowest BCUT2D eigenvalue weighted by Crippen LogP contribution is -2.19. The maximum atomic E-state index is 5.85. The van der Waals surface area contributed by atoms with Gasteiger partial charge >= 0.3 is 0 Å². The molecule has 1 unspecified atom stereocenters. The van der Waals surface area contributed by atoms with Crippen molar-refractivity contribution in [1.29, 1.82) is 0 Å². The second kappa shape index (κ2) is 6.13. The van der Waals surface area contributed by atoms with Gasteiger partial charge in [-0.3, -0.25) is 0 Å². The van der Waals surface area contributed by atoms with Crippen LogP contribution in [0, 0.1) is 6.92 Å². The van der Waals surface area contributed by atoms with Crippen LogP contribution in [0.1, 0.15) is 18.1 Å².